The summed E-state index contributed by atoms with van der Waals surface area (Å²) in [6.45, 7) is 5.35. The molecule has 3 N–H and O–H groups in total. The Balaban J connectivity index is 2.79. The average Bonchev–Trinajstić information content (AvgIpc) is 2.73. The van der Waals surface area contributed by atoms with Crippen molar-refractivity contribution in [1.82, 2.24) is 4.90 Å². The van der Waals surface area contributed by atoms with Gasteiger partial charge in [-0.2, -0.15) is 0 Å². The van der Waals surface area contributed by atoms with Gasteiger partial charge in [-0.1, -0.05) is 11.8 Å². The van der Waals surface area contributed by atoms with Crippen LogP contribution in [0.25, 0.3) is 0 Å². The van der Waals surface area contributed by atoms with Crippen LogP contribution >= 0.6 is 11.3 Å². The molecule has 0 fully saturated rings. The summed E-state index contributed by atoms with van der Waals surface area (Å²) in [5.41, 5.74) is 6.20. The summed E-state index contributed by atoms with van der Waals surface area (Å²) in [5.74, 6) is 5.95. The van der Waals surface area contributed by atoms with Crippen LogP contribution in [-0.2, 0) is 6.54 Å². The van der Waals surface area contributed by atoms with Gasteiger partial charge in [-0.25, -0.2) is 0 Å². The van der Waals surface area contributed by atoms with Crippen LogP contribution in [0.5, 0.6) is 0 Å². The summed E-state index contributed by atoms with van der Waals surface area (Å²) in [4.78, 5) is 3.35. The molecule has 0 aliphatic carbocycles. The largest absolute Gasteiger partial charge is 0.394 e. The Bertz CT molecular complexity index is 415. The van der Waals surface area contributed by atoms with Crippen molar-refractivity contribution >= 4 is 11.3 Å². The Morgan fingerprint density at radius 1 is 1.53 bits per heavy atom. The maximum Gasteiger partial charge on any atom is 0.0610 e. The van der Waals surface area contributed by atoms with Gasteiger partial charge in [0.05, 0.1) is 13.2 Å². The van der Waals surface area contributed by atoms with Crippen LogP contribution in [0.15, 0.2) is 11.4 Å². The molecule has 0 aliphatic rings. The zero-order chi connectivity index (χ0) is 12.9. The van der Waals surface area contributed by atoms with E-state index in [2.05, 4.69) is 16.7 Å². The minimum absolute atomic E-state index is 0.138. The molecule has 0 unspecified atom stereocenters. The van der Waals surface area contributed by atoms with E-state index in [9.17, 15) is 5.11 Å². The lowest BCUT2D eigenvalue weighted by Gasteiger charge is -2.33. The standard InChI is InChI=1S/C13H20N2OS/c1-13(2,10-16)15(3)9-12-11(5-4-7-14)6-8-17-12/h6,8,16H,7,9-10,14H2,1-3H3. The van der Waals surface area contributed by atoms with E-state index in [1.165, 1.54) is 4.88 Å². The van der Waals surface area contributed by atoms with Crippen molar-refractivity contribution in [3.8, 4) is 11.8 Å². The van der Waals surface area contributed by atoms with Crippen molar-refractivity contribution in [1.29, 1.82) is 0 Å². The van der Waals surface area contributed by atoms with Gasteiger partial charge in [-0.3, -0.25) is 4.90 Å². The third-order valence-electron chi connectivity index (χ3n) is 2.87. The normalized spacial score (nSPS) is 11.4. The van der Waals surface area contributed by atoms with Gasteiger partial charge < -0.3 is 10.8 Å². The summed E-state index contributed by atoms with van der Waals surface area (Å²) < 4.78 is 0. The Morgan fingerprint density at radius 3 is 2.82 bits per heavy atom. The molecule has 1 rings (SSSR count). The molecule has 3 nitrogen and oxygen atoms in total. The van der Waals surface area contributed by atoms with Crippen molar-refractivity contribution in [2.75, 3.05) is 20.2 Å². The van der Waals surface area contributed by atoms with Gasteiger partial charge in [0.25, 0.3) is 0 Å². The van der Waals surface area contributed by atoms with E-state index < -0.39 is 0 Å². The number of nitrogens with zero attached hydrogens (tertiary/aromatic N) is 1. The van der Waals surface area contributed by atoms with Gasteiger partial charge in [0.1, 0.15) is 0 Å². The molecule has 1 aromatic heterocycles. The molecule has 0 aromatic carbocycles. The van der Waals surface area contributed by atoms with E-state index in [0.29, 0.717) is 6.54 Å². The van der Waals surface area contributed by atoms with Crippen molar-refractivity contribution in [2.24, 2.45) is 5.73 Å². The maximum absolute atomic E-state index is 9.32. The first-order chi connectivity index (χ1) is 8.01. The molecule has 0 saturated carbocycles. The van der Waals surface area contributed by atoms with E-state index in [0.717, 1.165) is 12.1 Å². The van der Waals surface area contributed by atoms with E-state index in [1.54, 1.807) is 11.3 Å². The first kappa shape index (κ1) is 14.2. The Labute approximate surface area is 107 Å². The highest BCUT2D eigenvalue weighted by Crippen LogP contribution is 2.21. The monoisotopic (exact) mass is 252 g/mol. The fourth-order valence-electron chi connectivity index (χ4n) is 1.27. The predicted octanol–water partition coefficient (Wildman–Crippen LogP) is 1.26. The molecule has 0 radical (unpaired) electrons. The van der Waals surface area contributed by atoms with Crippen LogP contribution in [0, 0.1) is 11.8 Å². The van der Waals surface area contributed by atoms with Crippen LogP contribution in [0.2, 0.25) is 0 Å². The SMILES string of the molecule is CN(Cc1sccc1C#CCN)C(C)(C)CO. The zero-order valence-corrected chi connectivity index (χ0v) is 11.5. The molecular weight excluding hydrogens is 232 g/mol. The third kappa shape index (κ3) is 3.83. The minimum Gasteiger partial charge on any atom is -0.394 e. The van der Waals surface area contributed by atoms with Crippen molar-refractivity contribution in [3.05, 3.63) is 21.9 Å². The fourth-order valence-corrected chi connectivity index (χ4v) is 2.15. The second-order valence-corrected chi connectivity index (χ2v) is 5.59. The number of hydrogen-bond donors (Lipinski definition) is 2. The van der Waals surface area contributed by atoms with E-state index in [4.69, 9.17) is 5.73 Å². The summed E-state index contributed by atoms with van der Waals surface area (Å²) in [7, 11) is 2.01. The Morgan fingerprint density at radius 2 is 2.24 bits per heavy atom. The van der Waals surface area contributed by atoms with E-state index in [-0.39, 0.29) is 12.1 Å². The Hall–Kier alpha value is -0.860. The number of aliphatic hydroxyl groups excluding tert-OH is 1. The molecule has 94 valence electrons. The second-order valence-electron chi connectivity index (χ2n) is 4.59. The zero-order valence-electron chi connectivity index (χ0n) is 10.7. The summed E-state index contributed by atoms with van der Waals surface area (Å²) in [6, 6.07) is 2.02. The molecule has 1 aromatic rings. The van der Waals surface area contributed by atoms with Gasteiger partial charge in [0.2, 0.25) is 0 Å². The third-order valence-corrected chi connectivity index (χ3v) is 3.78. The summed E-state index contributed by atoms with van der Waals surface area (Å²) >= 11 is 1.69. The highest BCUT2D eigenvalue weighted by molar-refractivity contribution is 7.10. The van der Waals surface area contributed by atoms with Gasteiger partial charge >= 0.3 is 0 Å². The molecule has 17 heavy (non-hydrogen) atoms. The highest BCUT2D eigenvalue weighted by atomic mass is 32.1. The molecule has 0 amide bonds. The topological polar surface area (TPSA) is 49.5 Å². The van der Waals surface area contributed by atoms with Gasteiger partial charge in [0, 0.05) is 22.5 Å². The number of rotatable bonds is 4. The maximum atomic E-state index is 9.32. The number of likely N-dealkylation sites (N-methyl/N-ethyl adjacent to an activating group) is 1. The van der Waals surface area contributed by atoms with Crippen LogP contribution < -0.4 is 5.73 Å². The predicted molar refractivity (Wildman–Crippen MR) is 72.9 cm³/mol. The summed E-state index contributed by atoms with van der Waals surface area (Å²) in [5, 5.41) is 11.4. The summed E-state index contributed by atoms with van der Waals surface area (Å²) in [6.07, 6.45) is 0. The van der Waals surface area contributed by atoms with Crippen LogP contribution in [0.4, 0.5) is 0 Å². The van der Waals surface area contributed by atoms with E-state index >= 15 is 0 Å². The molecule has 0 aliphatic heterocycles. The van der Waals surface area contributed by atoms with Crippen LogP contribution in [0.1, 0.15) is 24.3 Å². The lowest BCUT2D eigenvalue weighted by atomic mass is 10.0. The molecule has 4 heteroatoms. The first-order valence-electron chi connectivity index (χ1n) is 5.58. The molecule has 0 atom stereocenters. The molecule has 0 saturated heterocycles. The molecular formula is C13H20N2OS. The first-order valence-corrected chi connectivity index (χ1v) is 6.46. The number of nitrogens with two attached hydrogens (primary N) is 1. The van der Waals surface area contributed by atoms with Crippen LogP contribution in [-0.4, -0.2) is 35.7 Å². The number of thiophene rings is 1. The number of hydrogen-bond acceptors (Lipinski definition) is 4. The highest BCUT2D eigenvalue weighted by Gasteiger charge is 2.23. The molecule has 0 bridgehead atoms. The molecule has 1 heterocycles. The smallest absolute Gasteiger partial charge is 0.0610 e. The van der Waals surface area contributed by atoms with Crippen LogP contribution in [0.3, 0.4) is 0 Å². The lowest BCUT2D eigenvalue weighted by molar-refractivity contribution is 0.0741. The van der Waals surface area contributed by atoms with Gasteiger partial charge in [0.15, 0.2) is 0 Å². The van der Waals surface area contributed by atoms with Crippen molar-refractivity contribution < 1.29 is 5.11 Å². The second kappa shape index (κ2) is 6.18. The Kier molecular flexibility index (Phi) is 5.16. The number of aliphatic hydroxyl groups is 1. The average molecular weight is 252 g/mol. The molecule has 0 spiro atoms. The van der Waals surface area contributed by atoms with Gasteiger partial charge in [-0.15, -0.1) is 11.3 Å². The van der Waals surface area contributed by atoms with Crippen molar-refractivity contribution in [2.45, 2.75) is 25.9 Å². The fraction of sp³-hybridized carbons (Fsp3) is 0.538. The van der Waals surface area contributed by atoms with Crippen molar-refractivity contribution in [3.63, 3.8) is 0 Å². The lowest BCUT2D eigenvalue weighted by Crippen LogP contribution is -2.43. The van der Waals surface area contributed by atoms with E-state index in [1.807, 2.05) is 32.3 Å². The quantitative estimate of drug-likeness (QED) is 0.793. The minimum atomic E-state index is -0.220. The van der Waals surface area contributed by atoms with Gasteiger partial charge in [-0.05, 0) is 32.3 Å².